The molecule has 2 heterocycles. The summed E-state index contributed by atoms with van der Waals surface area (Å²) < 4.78 is 10.8. The van der Waals surface area contributed by atoms with E-state index < -0.39 is 0 Å². The van der Waals surface area contributed by atoms with Gasteiger partial charge in [0.2, 0.25) is 0 Å². The third-order valence-corrected chi connectivity index (χ3v) is 7.01. The molecule has 0 bridgehead atoms. The fraction of sp³-hybridized carbons (Fsp3) is 0.214. The summed E-state index contributed by atoms with van der Waals surface area (Å²) in [6.07, 6.45) is 0.615. The summed E-state index contributed by atoms with van der Waals surface area (Å²) in [4.78, 5) is 15.4. The van der Waals surface area contributed by atoms with Gasteiger partial charge < -0.3 is 19.5 Å². The van der Waals surface area contributed by atoms with Gasteiger partial charge in [-0.2, -0.15) is 5.10 Å². The number of hydrogen-bond acceptors (Lipinski definition) is 5. The van der Waals surface area contributed by atoms with Gasteiger partial charge in [-0.1, -0.05) is 48.0 Å². The molecule has 0 fully saturated rings. The van der Waals surface area contributed by atoms with E-state index in [2.05, 4.69) is 10.2 Å². The van der Waals surface area contributed by atoms with Crippen LogP contribution in [0.3, 0.4) is 0 Å². The lowest BCUT2D eigenvalue weighted by Crippen LogP contribution is -2.31. The number of phenolic OH excluding ortho intramolecular Hbond substituents is 1. The van der Waals surface area contributed by atoms with Crippen molar-refractivity contribution in [2.24, 2.45) is 0 Å². The number of aromatic nitrogens is 2. The second-order valence-electron chi connectivity index (χ2n) is 8.73. The number of phenols is 1. The van der Waals surface area contributed by atoms with Crippen molar-refractivity contribution in [1.29, 1.82) is 0 Å². The highest BCUT2D eigenvalue weighted by Gasteiger charge is 2.42. The third kappa shape index (κ3) is 4.05. The lowest BCUT2D eigenvalue weighted by Gasteiger charge is -2.26. The summed E-state index contributed by atoms with van der Waals surface area (Å²) in [6, 6.07) is 18.5. The number of aromatic hydroxyl groups is 1. The van der Waals surface area contributed by atoms with E-state index in [-0.39, 0.29) is 17.7 Å². The van der Waals surface area contributed by atoms with E-state index in [1.54, 1.807) is 26.4 Å². The third-order valence-electron chi connectivity index (χ3n) is 6.60. The summed E-state index contributed by atoms with van der Waals surface area (Å²) in [7, 11) is 3.20. The molecule has 1 aliphatic rings. The van der Waals surface area contributed by atoms with Crippen LogP contribution >= 0.6 is 11.6 Å². The highest BCUT2D eigenvalue weighted by atomic mass is 35.5. The molecule has 7 nitrogen and oxygen atoms in total. The Morgan fingerprint density at radius 2 is 1.81 bits per heavy atom. The van der Waals surface area contributed by atoms with E-state index in [1.807, 2.05) is 60.4 Å². The Hall–Kier alpha value is -3.97. The van der Waals surface area contributed by atoms with Crippen LogP contribution in [0.25, 0.3) is 11.3 Å². The molecule has 36 heavy (non-hydrogen) atoms. The monoisotopic (exact) mass is 503 g/mol. The van der Waals surface area contributed by atoms with Gasteiger partial charge >= 0.3 is 0 Å². The Balaban J connectivity index is 1.55. The smallest absolute Gasteiger partial charge is 0.273 e. The van der Waals surface area contributed by atoms with Crippen molar-refractivity contribution in [3.63, 3.8) is 0 Å². The highest BCUT2D eigenvalue weighted by molar-refractivity contribution is 6.31. The molecule has 184 valence electrons. The molecule has 0 saturated heterocycles. The van der Waals surface area contributed by atoms with Crippen molar-refractivity contribution in [1.82, 2.24) is 15.1 Å². The lowest BCUT2D eigenvalue weighted by atomic mass is 9.95. The number of fused-ring (bicyclic) bond motifs is 1. The molecule has 3 aromatic carbocycles. The van der Waals surface area contributed by atoms with Crippen molar-refractivity contribution >= 4 is 17.5 Å². The molecule has 1 atom stereocenters. The molecule has 1 unspecified atom stereocenters. The number of benzene rings is 3. The molecular formula is C28H26ClN3O4. The zero-order valence-electron chi connectivity index (χ0n) is 20.2. The van der Waals surface area contributed by atoms with Gasteiger partial charge in [-0.25, -0.2) is 0 Å². The number of ether oxygens (including phenoxy) is 2. The molecule has 0 spiro atoms. The quantitative estimate of drug-likeness (QED) is 0.345. The fourth-order valence-corrected chi connectivity index (χ4v) is 4.92. The Labute approximate surface area is 214 Å². The van der Waals surface area contributed by atoms with E-state index in [0.29, 0.717) is 46.4 Å². The minimum atomic E-state index is -0.373. The summed E-state index contributed by atoms with van der Waals surface area (Å²) in [5.74, 6) is 1.22. The number of halogens is 1. The predicted octanol–water partition coefficient (Wildman–Crippen LogP) is 5.55. The van der Waals surface area contributed by atoms with Gasteiger partial charge in [0.15, 0.2) is 11.5 Å². The van der Waals surface area contributed by atoms with Gasteiger partial charge in [-0.05, 0) is 54.3 Å². The van der Waals surface area contributed by atoms with Crippen LogP contribution in [-0.2, 0) is 6.42 Å². The fourth-order valence-electron chi connectivity index (χ4n) is 4.76. The summed E-state index contributed by atoms with van der Waals surface area (Å²) in [5.41, 5.74) is 4.88. The van der Waals surface area contributed by atoms with Gasteiger partial charge in [0.25, 0.3) is 5.91 Å². The van der Waals surface area contributed by atoms with E-state index in [1.165, 1.54) is 0 Å². The molecule has 2 N–H and O–H groups in total. The standard InChI is InChI=1S/C28H26ClN3O4/c1-16-13-21(33)19(15-20(16)29)25-24-26(31-30-25)28(34)32(27(24)18-7-5-4-6-8-18)12-11-17-9-10-22(35-2)23(14-17)36-3/h4-10,13-15,27,33H,11-12H2,1-3H3,(H,30,31). The van der Waals surface area contributed by atoms with Crippen molar-refractivity contribution in [2.45, 2.75) is 19.4 Å². The number of nitrogens with one attached hydrogen (secondary N) is 1. The number of amides is 1. The second-order valence-corrected chi connectivity index (χ2v) is 9.14. The van der Waals surface area contributed by atoms with Crippen molar-refractivity contribution in [3.8, 4) is 28.5 Å². The maximum Gasteiger partial charge on any atom is 0.273 e. The minimum absolute atomic E-state index is 0.0641. The molecule has 0 saturated carbocycles. The number of carbonyl (C=O) groups is 1. The van der Waals surface area contributed by atoms with Crippen LogP contribution in [0, 0.1) is 6.92 Å². The summed E-state index contributed by atoms with van der Waals surface area (Å²) in [5, 5.41) is 18.6. The first-order chi connectivity index (χ1) is 17.4. The topological polar surface area (TPSA) is 87.7 Å². The molecule has 1 amide bonds. The number of aryl methyl sites for hydroxylation is 1. The average Bonchev–Trinajstić information content (AvgIpc) is 3.43. The van der Waals surface area contributed by atoms with Gasteiger partial charge in [0.05, 0.1) is 20.3 Å². The maximum atomic E-state index is 13.6. The van der Waals surface area contributed by atoms with Crippen LogP contribution < -0.4 is 9.47 Å². The number of methoxy groups -OCH3 is 2. The SMILES string of the molecule is COc1ccc(CCN2C(=O)c3[nH]nc(-c4cc(Cl)c(C)cc4O)c3C2c2ccccc2)cc1OC. The van der Waals surface area contributed by atoms with Crippen LogP contribution in [0.5, 0.6) is 17.2 Å². The number of hydrogen-bond donors (Lipinski definition) is 2. The van der Waals surface area contributed by atoms with Crippen molar-refractivity contribution in [3.05, 3.63) is 93.6 Å². The van der Waals surface area contributed by atoms with E-state index >= 15 is 0 Å². The minimum Gasteiger partial charge on any atom is -0.507 e. The Morgan fingerprint density at radius 1 is 1.06 bits per heavy atom. The second kappa shape index (κ2) is 9.59. The van der Waals surface area contributed by atoms with Crippen molar-refractivity contribution < 1.29 is 19.4 Å². The first-order valence-electron chi connectivity index (χ1n) is 11.6. The summed E-state index contributed by atoms with van der Waals surface area (Å²) >= 11 is 6.38. The van der Waals surface area contributed by atoms with Crippen LogP contribution in [0.2, 0.25) is 5.02 Å². The van der Waals surface area contributed by atoms with Crippen LogP contribution in [0.1, 0.15) is 38.8 Å². The molecular weight excluding hydrogens is 478 g/mol. The summed E-state index contributed by atoms with van der Waals surface area (Å²) in [6.45, 7) is 2.30. The Kier molecular flexibility index (Phi) is 6.33. The first kappa shape index (κ1) is 23.8. The normalized spacial score (nSPS) is 14.7. The Morgan fingerprint density at radius 3 is 2.53 bits per heavy atom. The highest BCUT2D eigenvalue weighted by Crippen LogP contribution is 2.45. The Bertz CT molecular complexity index is 1430. The zero-order chi connectivity index (χ0) is 25.4. The number of H-pyrrole nitrogens is 1. The van der Waals surface area contributed by atoms with Gasteiger partial charge in [0.1, 0.15) is 17.1 Å². The molecule has 5 rings (SSSR count). The van der Waals surface area contributed by atoms with E-state index in [9.17, 15) is 9.90 Å². The number of aromatic amines is 1. The van der Waals surface area contributed by atoms with Gasteiger partial charge in [-0.15, -0.1) is 0 Å². The van der Waals surface area contributed by atoms with Crippen molar-refractivity contribution in [2.75, 3.05) is 20.8 Å². The van der Waals surface area contributed by atoms with Crippen LogP contribution in [0.4, 0.5) is 0 Å². The number of nitrogens with zero attached hydrogens (tertiary/aromatic N) is 2. The molecule has 8 heteroatoms. The molecule has 1 aliphatic heterocycles. The van der Waals surface area contributed by atoms with E-state index in [0.717, 1.165) is 22.3 Å². The van der Waals surface area contributed by atoms with E-state index in [4.69, 9.17) is 21.1 Å². The molecule has 0 aliphatic carbocycles. The zero-order valence-corrected chi connectivity index (χ0v) is 21.0. The first-order valence-corrected chi connectivity index (χ1v) is 11.9. The molecule has 1 aromatic heterocycles. The largest absolute Gasteiger partial charge is 0.507 e. The molecule has 0 radical (unpaired) electrons. The number of carbonyl (C=O) groups excluding carboxylic acids is 1. The number of rotatable bonds is 7. The van der Waals surface area contributed by atoms with Gasteiger partial charge in [0, 0.05) is 22.7 Å². The lowest BCUT2D eigenvalue weighted by molar-refractivity contribution is 0.0746. The van der Waals surface area contributed by atoms with Gasteiger partial charge in [-0.3, -0.25) is 9.89 Å². The van der Waals surface area contributed by atoms with Crippen LogP contribution in [0.15, 0.2) is 60.7 Å². The maximum absolute atomic E-state index is 13.6. The predicted molar refractivity (Wildman–Crippen MR) is 138 cm³/mol. The average molecular weight is 504 g/mol. The molecule has 4 aromatic rings. The van der Waals surface area contributed by atoms with Crippen LogP contribution in [-0.4, -0.2) is 46.9 Å².